The first-order valence-corrected chi connectivity index (χ1v) is 4.63. The fourth-order valence-corrected chi connectivity index (χ4v) is 2.36. The number of nitrogens with zero attached hydrogens (tertiary/aromatic N) is 2. The monoisotopic (exact) mass is 262 g/mol. The first-order chi connectivity index (χ1) is 3.79. The Bertz CT molecular complexity index is 181. The van der Waals surface area contributed by atoms with Crippen molar-refractivity contribution < 1.29 is 0 Å². The molecule has 0 N–H and O–H groups in total. The van der Waals surface area contributed by atoms with Crippen LogP contribution < -0.4 is 0 Å². The molecule has 0 aromatic heterocycles. The summed E-state index contributed by atoms with van der Waals surface area (Å²) in [5.74, 6) is 0. The molecule has 0 bridgehead atoms. The molecule has 5 heteroatoms. The van der Waals surface area contributed by atoms with Gasteiger partial charge in [0, 0.05) is 0 Å². The molecule has 1 aliphatic heterocycles. The van der Waals surface area contributed by atoms with Crippen LogP contribution in [0, 0.1) is 0 Å². The largest absolute Gasteiger partial charge is 0.218 e. The summed E-state index contributed by atoms with van der Waals surface area (Å²) in [4.78, 5) is 7.43. The lowest BCUT2D eigenvalue weighted by Crippen LogP contribution is -1.86. The van der Waals surface area contributed by atoms with Crippen molar-refractivity contribution >= 4 is 56.5 Å². The van der Waals surface area contributed by atoms with Crippen LogP contribution in [0.25, 0.3) is 0 Å². The molecule has 1 rings (SSSR count). The van der Waals surface area contributed by atoms with Crippen molar-refractivity contribution in [1.29, 1.82) is 0 Å². The average molecular weight is 263 g/mol. The van der Waals surface area contributed by atoms with E-state index in [2.05, 4.69) is 9.98 Å². The smallest absolute Gasteiger partial charge is 0.165 e. The van der Waals surface area contributed by atoms with E-state index < -0.39 is 20.7 Å². The summed E-state index contributed by atoms with van der Waals surface area (Å²) in [5.41, 5.74) is 0. The first kappa shape index (κ1) is 6.64. The minimum atomic E-state index is -0.411. The highest BCUT2D eigenvalue weighted by molar-refractivity contribution is 14.2. The van der Waals surface area contributed by atoms with E-state index in [1.165, 1.54) is 6.34 Å². The normalized spacial score (nSPS) is 18.8. The SMILES string of the molecule is ClC1=NC=NC(Cl)=I1. The maximum Gasteiger partial charge on any atom is 0.165 e. The standard InChI is InChI=1S/C3HCl2IN2/c4-2-6-3(5)8-1-7-2/h1H. The Hall–Kier alpha value is 0.520. The summed E-state index contributed by atoms with van der Waals surface area (Å²) < 4.78 is 1.20. The Balaban J connectivity index is 2.89. The maximum absolute atomic E-state index is 5.51. The summed E-state index contributed by atoms with van der Waals surface area (Å²) in [7, 11) is 0. The lowest BCUT2D eigenvalue weighted by molar-refractivity contribution is 1.73. The van der Waals surface area contributed by atoms with Crippen LogP contribution in [0.15, 0.2) is 9.98 Å². The fraction of sp³-hybridized carbons (Fsp3) is 0. The van der Waals surface area contributed by atoms with Crippen LogP contribution in [0.3, 0.4) is 0 Å². The van der Waals surface area contributed by atoms with Crippen LogP contribution in [-0.4, -0.2) is 12.6 Å². The van der Waals surface area contributed by atoms with Gasteiger partial charge >= 0.3 is 0 Å². The third kappa shape index (κ3) is 1.80. The van der Waals surface area contributed by atoms with Crippen molar-refractivity contribution in [2.75, 3.05) is 0 Å². The van der Waals surface area contributed by atoms with E-state index in [0.717, 1.165) is 0 Å². The predicted molar refractivity (Wildman–Crippen MR) is 46.7 cm³/mol. The number of rotatable bonds is 0. The molecule has 1 aliphatic rings. The van der Waals surface area contributed by atoms with Gasteiger partial charge < -0.3 is 0 Å². The quantitative estimate of drug-likeness (QED) is 0.471. The van der Waals surface area contributed by atoms with E-state index >= 15 is 0 Å². The molecule has 2 nitrogen and oxygen atoms in total. The highest BCUT2D eigenvalue weighted by Crippen LogP contribution is 2.14. The van der Waals surface area contributed by atoms with Crippen molar-refractivity contribution in [3.8, 4) is 0 Å². The Labute approximate surface area is 66.4 Å². The molecule has 0 radical (unpaired) electrons. The van der Waals surface area contributed by atoms with Crippen LogP contribution >= 0.6 is 43.9 Å². The molecule has 0 aromatic carbocycles. The fourth-order valence-electron chi connectivity index (χ4n) is 0.229. The zero-order valence-electron chi connectivity index (χ0n) is 3.61. The third-order valence-corrected chi connectivity index (χ3v) is 3.07. The van der Waals surface area contributed by atoms with Gasteiger partial charge in [0.25, 0.3) is 0 Å². The van der Waals surface area contributed by atoms with E-state index in [0.29, 0.717) is 6.27 Å². The van der Waals surface area contributed by atoms with Gasteiger partial charge in [0.1, 0.15) is 6.34 Å². The molecule has 0 aliphatic carbocycles. The molecule has 0 unspecified atom stereocenters. The minimum Gasteiger partial charge on any atom is -0.218 e. The molecule has 44 valence electrons. The summed E-state index contributed by atoms with van der Waals surface area (Å²) >= 11 is 10.6. The van der Waals surface area contributed by atoms with Gasteiger partial charge in [0.05, 0.1) is 0 Å². The van der Waals surface area contributed by atoms with Crippen LogP contribution in [-0.2, 0) is 0 Å². The second-order valence-electron chi connectivity index (χ2n) is 0.949. The molecule has 0 fully saturated rings. The van der Waals surface area contributed by atoms with E-state index in [1.807, 2.05) is 0 Å². The molecule has 0 spiro atoms. The van der Waals surface area contributed by atoms with Crippen LogP contribution in [0.4, 0.5) is 0 Å². The topological polar surface area (TPSA) is 24.7 Å². The third-order valence-electron chi connectivity index (χ3n) is 0.467. The lowest BCUT2D eigenvalue weighted by atomic mass is 11.2. The van der Waals surface area contributed by atoms with Crippen LogP contribution in [0.1, 0.15) is 0 Å². The van der Waals surface area contributed by atoms with Crippen molar-refractivity contribution in [1.82, 2.24) is 0 Å². The summed E-state index contributed by atoms with van der Waals surface area (Å²) in [5, 5.41) is 0. The molecule has 0 saturated carbocycles. The molecular formula is C3HCl2IN2. The summed E-state index contributed by atoms with van der Waals surface area (Å²) in [6.07, 6.45) is 1.37. The maximum atomic E-state index is 5.51. The van der Waals surface area contributed by atoms with Gasteiger partial charge in [-0.05, 0) is 20.7 Å². The molecule has 0 saturated heterocycles. The molecular weight excluding hydrogens is 262 g/mol. The minimum absolute atomic E-state index is 0.411. The van der Waals surface area contributed by atoms with E-state index in [4.69, 9.17) is 23.2 Å². The predicted octanol–water partition coefficient (Wildman–Crippen LogP) is 1.92. The van der Waals surface area contributed by atoms with Crippen LogP contribution in [0.5, 0.6) is 0 Å². The van der Waals surface area contributed by atoms with Gasteiger partial charge in [0.15, 0.2) is 6.27 Å². The summed E-state index contributed by atoms with van der Waals surface area (Å²) in [6.45, 7) is 0. The second kappa shape index (κ2) is 2.89. The first-order valence-electron chi connectivity index (χ1n) is 1.72. The average Bonchev–Trinajstić information content (AvgIpc) is 1.64. The van der Waals surface area contributed by atoms with Crippen molar-refractivity contribution in [2.45, 2.75) is 0 Å². The van der Waals surface area contributed by atoms with Gasteiger partial charge in [-0.25, -0.2) is 9.98 Å². The van der Waals surface area contributed by atoms with Gasteiger partial charge in [-0.1, -0.05) is 23.2 Å². The highest BCUT2D eigenvalue weighted by atomic mass is 127. The Morgan fingerprint density at radius 2 is 2.25 bits per heavy atom. The molecule has 1 heterocycles. The van der Waals surface area contributed by atoms with Crippen molar-refractivity contribution in [2.24, 2.45) is 9.98 Å². The molecule has 0 amide bonds. The number of hydrogen-bond acceptors (Lipinski definition) is 2. The van der Waals surface area contributed by atoms with E-state index in [9.17, 15) is 0 Å². The van der Waals surface area contributed by atoms with Gasteiger partial charge in [-0.15, -0.1) is 0 Å². The van der Waals surface area contributed by atoms with Crippen molar-refractivity contribution in [3.63, 3.8) is 0 Å². The van der Waals surface area contributed by atoms with E-state index in [-0.39, 0.29) is 0 Å². The highest BCUT2D eigenvalue weighted by Gasteiger charge is 1.95. The number of halogens is 3. The molecule has 8 heavy (non-hydrogen) atoms. The molecule has 0 aromatic rings. The molecule has 0 atom stereocenters. The Morgan fingerprint density at radius 3 is 2.62 bits per heavy atom. The van der Waals surface area contributed by atoms with Gasteiger partial charge in [0.2, 0.25) is 0 Å². The zero-order valence-corrected chi connectivity index (χ0v) is 7.28. The van der Waals surface area contributed by atoms with E-state index in [1.54, 1.807) is 0 Å². The Morgan fingerprint density at radius 1 is 1.50 bits per heavy atom. The number of aliphatic imine (C=N–C) groups is 2. The zero-order chi connectivity index (χ0) is 5.98. The summed E-state index contributed by atoms with van der Waals surface area (Å²) in [6, 6.07) is 0. The second-order valence-corrected chi connectivity index (χ2v) is 5.52. The van der Waals surface area contributed by atoms with Crippen molar-refractivity contribution in [3.05, 3.63) is 0 Å². The Kier molecular flexibility index (Phi) is 2.40. The number of hydrogen-bond donors (Lipinski definition) is 0. The van der Waals surface area contributed by atoms with Gasteiger partial charge in [-0.2, -0.15) is 0 Å². The van der Waals surface area contributed by atoms with Crippen LogP contribution in [0.2, 0.25) is 0 Å². The lowest BCUT2D eigenvalue weighted by Gasteiger charge is -1.90. The van der Waals surface area contributed by atoms with Gasteiger partial charge in [-0.3, -0.25) is 0 Å².